The zero-order valence-corrected chi connectivity index (χ0v) is 20.4. The molecule has 0 aliphatic heterocycles. The summed E-state index contributed by atoms with van der Waals surface area (Å²) in [6.07, 6.45) is 3.41. The molecule has 3 aromatic heterocycles. The fraction of sp³-hybridized carbons (Fsp3) is 0.280. The Balaban J connectivity index is 0.00000158. The molecular formula is C25H28FN5O2S. The van der Waals surface area contributed by atoms with Gasteiger partial charge in [-0.2, -0.15) is 0 Å². The van der Waals surface area contributed by atoms with Crippen LogP contribution in [-0.2, 0) is 6.42 Å². The number of thiophene rings is 1. The Morgan fingerprint density at radius 3 is 2.62 bits per heavy atom. The third kappa shape index (κ3) is 6.26. The first kappa shape index (κ1) is 25.0. The predicted molar refractivity (Wildman–Crippen MR) is 134 cm³/mol. The van der Waals surface area contributed by atoms with Crippen LogP contribution in [0.15, 0.2) is 54.2 Å². The number of amides is 1. The van der Waals surface area contributed by atoms with Crippen molar-refractivity contribution in [1.29, 1.82) is 0 Å². The van der Waals surface area contributed by atoms with Crippen LogP contribution in [0.3, 0.4) is 0 Å². The van der Waals surface area contributed by atoms with Gasteiger partial charge in [-0.1, -0.05) is 26.0 Å². The molecule has 7 nitrogen and oxygen atoms in total. The number of fused-ring (bicyclic) bond motifs is 1. The van der Waals surface area contributed by atoms with E-state index in [-0.39, 0.29) is 11.9 Å². The van der Waals surface area contributed by atoms with E-state index >= 15 is 0 Å². The van der Waals surface area contributed by atoms with Gasteiger partial charge in [0.2, 0.25) is 5.95 Å². The number of nitrogens with one attached hydrogen (secondary N) is 2. The molecule has 0 spiro atoms. The second-order valence-corrected chi connectivity index (χ2v) is 8.10. The Labute approximate surface area is 202 Å². The molecule has 0 radical (unpaired) electrons. The molecule has 34 heavy (non-hydrogen) atoms. The zero-order chi connectivity index (χ0) is 24.5. The summed E-state index contributed by atoms with van der Waals surface area (Å²) < 4.78 is 19.4. The lowest BCUT2D eigenvalue weighted by atomic mass is 10.1. The molecule has 3 heterocycles. The Bertz CT molecular complexity index is 1230. The highest BCUT2D eigenvalue weighted by atomic mass is 32.1. The van der Waals surface area contributed by atoms with E-state index in [1.807, 2.05) is 56.5 Å². The first-order valence-corrected chi connectivity index (χ1v) is 11.9. The van der Waals surface area contributed by atoms with Crippen LogP contribution < -0.4 is 15.4 Å². The normalized spacial score (nSPS) is 11.3. The van der Waals surface area contributed by atoms with Gasteiger partial charge in [-0.25, -0.2) is 14.4 Å². The number of ether oxygens (including phenoxy) is 1. The number of carbonyl (C=O) groups excluding carboxylic acids is 1. The summed E-state index contributed by atoms with van der Waals surface area (Å²) in [5.41, 5.74) is 2.74. The summed E-state index contributed by atoms with van der Waals surface area (Å²) in [6.45, 7) is 6.32. The second-order valence-electron chi connectivity index (χ2n) is 7.19. The van der Waals surface area contributed by atoms with Crippen LogP contribution in [0.5, 0.6) is 5.75 Å². The van der Waals surface area contributed by atoms with E-state index in [1.165, 1.54) is 17.4 Å². The van der Waals surface area contributed by atoms with Crippen molar-refractivity contribution in [1.82, 2.24) is 20.3 Å². The SMILES string of the molecule is CC.COc1ccc(CCNC(=O)c2nc(NC(C)c3cncc(F)c3)nc3ccsc23)cc1. The molecule has 178 valence electrons. The van der Waals surface area contributed by atoms with Crippen LogP contribution in [0.4, 0.5) is 10.3 Å². The monoisotopic (exact) mass is 481 g/mol. The van der Waals surface area contributed by atoms with Gasteiger partial charge in [0.1, 0.15) is 11.6 Å². The summed E-state index contributed by atoms with van der Waals surface area (Å²) in [4.78, 5) is 25.7. The van der Waals surface area contributed by atoms with Crippen molar-refractivity contribution in [2.45, 2.75) is 33.2 Å². The van der Waals surface area contributed by atoms with E-state index in [9.17, 15) is 9.18 Å². The average molecular weight is 482 g/mol. The molecule has 1 unspecified atom stereocenters. The minimum Gasteiger partial charge on any atom is -0.497 e. The molecule has 0 aliphatic rings. The highest BCUT2D eigenvalue weighted by molar-refractivity contribution is 7.17. The lowest BCUT2D eigenvalue weighted by Crippen LogP contribution is -2.27. The molecule has 0 saturated carbocycles. The Hall–Kier alpha value is -3.59. The summed E-state index contributed by atoms with van der Waals surface area (Å²) in [5, 5.41) is 7.95. The molecular weight excluding hydrogens is 453 g/mol. The maximum Gasteiger partial charge on any atom is 0.271 e. The maximum atomic E-state index is 13.5. The largest absolute Gasteiger partial charge is 0.497 e. The van der Waals surface area contributed by atoms with Crippen LogP contribution in [-0.4, -0.2) is 34.5 Å². The van der Waals surface area contributed by atoms with E-state index in [1.54, 1.807) is 13.3 Å². The third-order valence-electron chi connectivity index (χ3n) is 4.95. The standard InChI is InChI=1S/C23H22FN5O2S.C2H6/c1-14(16-11-17(24)13-25-12-16)27-23-28-19-8-10-32-21(19)20(29-23)22(30)26-9-7-15-3-5-18(31-2)6-4-15;1-2/h3-6,8,10-14H,7,9H2,1-2H3,(H,26,30)(H,27,28,29);1-2H3. The topological polar surface area (TPSA) is 89.0 Å². The molecule has 1 atom stereocenters. The van der Waals surface area contributed by atoms with Gasteiger partial charge in [-0.3, -0.25) is 9.78 Å². The van der Waals surface area contributed by atoms with Gasteiger partial charge >= 0.3 is 0 Å². The summed E-state index contributed by atoms with van der Waals surface area (Å²) >= 11 is 1.42. The molecule has 9 heteroatoms. The van der Waals surface area contributed by atoms with Crippen molar-refractivity contribution in [2.24, 2.45) is 0 Å². The Kier molecular flexibility index (Phi) is 8.86. The summed E-state index contributed by atoms with van der Waals surface area (Å²) in [6, 6.07) is 10.7. The smallest absolute Gasteiger partial charge is 0.271 e. The van der Waals surface area contributed by atoms with Gasteiger partial charge in [-0.15, -0.1) is 11.3 Å². The quantitative estimate of drug-likeness (QED) is 0.350. The highest BCUT2D eigenvalue weighted by Gasteiger charge is 2.17. The third-order valence-corrected chi connectivity index (χ3v) is 5.86. The number of halogens is 1. The van der Waals surface area contributed by atoms with E-state index in [2.05, 4.69) is 25.6 Å². The first-order valence-electron chi connectivity index (χ1n) is 11.1. The molecule has 0 bridgehead atoms. The molecule has 4 rings (SSSR count). The number of benzene rings is 1. The Morgan fingerprint density at radius 1 is 1.15 bits per heavy atom. The van der Waals surface area contributed by atoms with E-state index in [0.29, 0.717) is 35.7 Å². The fourth-order valence-corrected chi connectivity index (χ4v) is 4.04. The van der Waals surface area contributed by atoms with E-state index < -0.39 is 5.82 Å². The van der Waals surface area contributed by atoms with Crippen LogP contribution >= 0.6 is 11.3 Å². The van der Waals surface area contributed by atoms with Gasteiger partial charge in [0, 0.05) is 12.7 Å². The van der Waals surface area contributed by atoms with Crippen molar-refractivity contribution >= 4 is 33.4 Å². The second kappa shape index (κ2) is 12.0. The van der Waals surface area contributed by atoms with Crippen molar-refractivity contribution in [3.63, 3.8) is 0 Å². The van der Waals surface area contributed by atoms with Gasteiger partial charge in [-0.05, 0) is 54.1 Å². The lowest BCUT2D eigenvalue weighted by molar-refractivity contribution is 0.0951. The van der Waals surface area contributed by atoms with Crippen molar-refractivity contribution < 1.29 is 13.9 Å². The molecule has 4 aromatic rings. The predicted octanol–water partition coefficient (Wildman–Crippen LogP) is 5.41. The number of methoxy groups -OCH3 is 1. The maximum absolute atomic E-state index is 13.5. The van der Waals surface area contributed by atoms with E-state index in [0.717, 1.165) is 22.2 Å². The number of nitrogens with zero attached hydrogens (tertiary/aromatic N) is 3. The summed E-state index contributed by atoms with van der Waals surface area (Å²) in [5.74, 6) is 0.411. The molecule has 1 aromatic carbocycles. The van der Waals surface area contributed by atoms with Gasteiger partial charge < -0.3 is 15.4 Å². The number of pyridine rings is 1. The van der Waals surface area contributed by atoms with Crippen LogP contribution in [0.1, 0.15) is 48.4 Å². The number of hydrogen-bond donors (Lipinski definition) is 2. The molecule has 1 amide bonds. The molecule has 0 fully saturated rings. The van der Waals surface area contributed by atoms with Gasteiger partial charge in [0.25, 0.3) is 5.91 Å². The van der Waals surface area contributed by atoms with Gasteiger partial charge in [0.15, 0.2) is 5.69 Å². The van der Waals surface area contributed by atoms with Crippen molar-refractivity contribution in [3.05, 3.63) is 76.8 Å². The minimum absolute atomic E-state index is 0.267. The molecule has 0 saturated heterocycles. The van der Waals surface area contributed by atoms with Crippen LogP contribution in [0.25, 0.3) is 10.2 Å². The lowest BCUT2D eigenvalue weighted by Gasteiger charge is -2.15. The number of anilines is 1. The summed E-state index contributed by atoms with van der Waals surface area (Å²) in [7, 11) is 1.63. The van der Waals surface area contributed by atoms with E-state index in [4.69, 9.17) is 4.74 Å². The number of aromatic nitrogens is 3. The zero-order valence-electron chi connectivity index (χ0n) is 19.6. The number of carbonyl (C=O) groups is 1. The molecule has 2 N–H and O–H groups in total. The first-order chi connectivity index (χ1) is 16.5. The van der Waals surface area contributed by atoms with Crippen molar-refractivity contribution in [3.8, 4) is 5.75 Å². The van der Waals surface area contributed by atoms with Gasteiger partial charge in [0.05, 0.1) is 29.6 Å². The fourth-order valence-electron chi connectivity index (χ4n) is 3.22. The molecule has 0 aliphatic carbocycles. The Morgan fingerprint density at radius 2 is 1.91 bits per heavy atom. The van der Waals surface area contributed by atoms with Crippen LogP contribution in [0.2, 0.25) is 0 Å². The minimum atomic E-state index is -0.415. The number of hydrogen-bond acceptors (Lipinski definition) is 7. The van der Waals surface area contributed by atoms with Crippen LogP contribution in [0, 0.1) is 5.82 Å². The number of rotatable bonds is 8. The average Bonchev–Trinajstić information content (AvgIpc) is 3.34. The van der Waals surface area contributed by atoms with Crippen molar-refractivity contribution in [2.75, 3.05) is 19.0 Å². The highest BCUT2D eigenvalue weighted by Crippen LogP contribution is 2.25.